The van der Waals surface area contributed by atoms with Gasteiger partial charge in [0.2, 0.25) is 0 Å². The van der Waals surface area contributed by atoms with Gasteiger partial charge in [0.25, 0.3) is 0 Å². The van der Waals surface area contributed by atoms with Crippen LogP contribution in [0.2, 0.25) is 0 Å². The number of aromatic nitrogens is 6. The SMILES string of the molecule is CCn1cc(CN2CCN(c3nccn4c(-c5ccncc5)cnc34)CC2)cn1. The van der Waals surface area contributed by atoms with Crippen LogP contribution in [0.4, 0.5) is 5.82 Å². The summed E-state index contributed by atoms with van der Waals surface area (Å²) in [4.78, 5) is 18.3. The molecule has 4 aromatic heterocycles. The zero-order chi connectivity index (χ0) is 19.6. The summed E-state index contributed by atoms with van der Waals surface area (Å²) in [5.41, 5.74) is 4.33. The highest BCUT2D eigenvalue weighted by atomic mass is 15.3. The average molecular weight is 388 g/mol. The average Bonchev–Trinajstić information content (AvgIpc) is 3.41. The van der Waals surface area contributed by atoms with E-state index < -0.39 is 0 Å². The highest BCUT2D eigenvalue weighted by Gasteiger charge is 2.21. The van der Waals surface area contributed by atoms with Crippen LogP contribution in [0.5, 0.6) is 0 Å². The molecule has 4 aromatic rings. The Morgan fingerprint density at radius 3 is 2.55 bits per heavy atom. The molecule has 29 heavy (non-hydrogen) atoms. The van der Waals surface area contributed by atoms with E-state index in [2.05, 4.69) is 47.4 Å². The van der Waals surface area contributed by atoms with Gasteiger partial charge in [-0.05, 0) is 19.1 Å². The van der Waals surface area contributed by atoms with Crippen LogP contribution < -0.4 is 4.90 Å². The molecule has 1 saturated heterocycles. The van der Waals surface area contributed by atoms with Gasteiger partial charge >= 0.3 is 0 Å². The minimum atomic E-state index is 0.900. The first kappa shape index (κ1) is 17.8. The first-order valence-corrected chi connectivity index (χ1v) is 10.0. The zero-order valence-electron chi connectivity index (χ0n) is 16.5. The third-order valence-corrected chi connectivity index (χ3v) is 5.47. The molecule has 0 spiro atoms. The molecule has 8 nitrogen and oxygen atoms in total. The van der Waals surface area contributed by atoms with Crippen molar-refractivity contribution in [2.24, 2.45) is 0 Å². The van der Waals surface area contributed by atoms with E-state index in [-0.39, 0.29) is 0 Å². The number of aryl methyl sites for hydroxylation is 1. The van der Waals surface area contributed by atoms with Crippen LogP contribution in [-0.4, -0.2) is 60.2 Å². The van der Waals surface area contributed by atoms with Crippen molar-refractivity contribution in [1.82, 2.24) is 34.0 Å². The summed E-state index contributed by atoms with van der Waals surface area (Å²) in [7, 11) is 0. The number of pyridine rings is 1. The predicted octanol–water partition coefficient (Wildman–Crippen LogP) is 2.33. The van der Waals surface area contributed by atoms with E-state index in [0.29, 0.717) is 0 Å². The fraction of sp³-hybridized carbons (Fsp3) is 0.333. The van der Waals surface area contributed by atoms with Crippen molar-refractivity contribution in [3.63, 3.8) is 0 Å². The highest BCUT2D eigenvalue weighted by molar-refractivity contribution is 5.71. The first-order valence-electron chi connectivity index (χ1n) is 10.0. The molecule has 0 amide bonds. The van der Waals surface area contributed by atoms with Gasteiger partial charge < -0.3 is 4.90 Å². The molecule has 0 radical (unpaired) electrons. The molecule has 1 aliphatic rings. The fourth-order valence-electron chi connectivity index (χ4n) is 3.90. The van der Waals surface area contributed by atoms with Crippen LogP contribution in [0.1, 0.15) is 12.5 Å². The van der Waals surface area contributed by atoms with Gasteiger partial charge in [0, 0.05) is 81.4 Å². The Bertz CT molecular complexity index is 1090. The second kappa shape index (κ2) is 7.63. The Hall–Kier alpha value is -3.26. The van der Waals surface area contributed by atoms with Crippen LogP contribution in [0.3, 0.4) is 0 Å². The van der Waals surface area contributed by atoms with Gasteiger partial charge in [-0.2, -0.15) is 5.10 Å². The number of hydrogen-bond donors (Lipinski definition) is 0. The van der Waals surface area contributed by atoms with Crippen LogP contribution in [0.25, 0.3) is 16.9 Å². The lowest BCUT2D eigenvalue weighted by atomic mass is 10.2. The number of nitrogens with zero attached hydrogens (tertiary/aromatic N) is 8. The molecule has 0 atom stereocenters. The maximum atomic E-state index is 4.68. The number of hydrogen-bond acceptors (Lipinski definition) is 6. The van der Waals surface area contributed by atoms with Crippen molar-refractivity contribution in [3.8, 4) is 11.3 Å². The molecule has 1 fully saturated rings. The van der Waals surface area contributed by atoms with E-state index in [1.165, 1.54) is 5.56 Å². The zero-order valence-corrected chi connectivity index (χ0v) is 16.5. The van der Waals surface area contributed by atoms with E-state index in [0.717, 1.165) is 62.0 Å². The van der Waals surface area contributed by atoms with Crippen molar-refractivity contribution in [1.29, 1.82) is 0 Å². The van der Waals surface area contributed by atoms with Crippen molar-refractivity contribution < 1.29 is 0 Å². The summed E-state index contributed by atoms with van der Waals surface area (Å²) in [6, 6.07) is 4.01. The molecule has 0 saturated carbocycles. The number of imidazole rings is 1. The van der Waals surface area contributed by atoms with E-state index in [4.69, 9.17) is 0 Å². The molecule has 5 rings (SSSR count). The van der Waals surface area contributed by atoms with Crippen LogP contribution in [0.15, 0.2) is 55.5 Å². The molecular formula is C21H24N8. The van der Waals surface area contributed by atoms with E-state index in [9.17, 15) is 0 Å². The molecule has 0 unspecified atom stereocenters. The second-order valence-electron chi connectivity index (χ2n) is 7.29. The molecular weight excluding hydrogens is 364 g/mol. The van der Waals surface area contributed by atoms with Gasteiger partial charge in [0.1, 0.15) is 0 Å². The number of rotatable bonds is 5. The topological polar surface area (TPSA) is 67.4 Å². The Labute approximate surface area is 169 Å². The van der Waals surface area contributed by atoms with Gasteiger partial charge in [-0.25, -0.2) is 9.97 Å². The van der Waals surface area contributed by atoms with E-state index in [1.807, 2.05) is 41.6 Å². The monoisotopic (exact) mass is 388 g/mol. The minimum Gasteiger partial charge on any atom is -0.351 e. The van der Waals surface area contributed by atoms with Crippen molar-refractivity contribution in [2.75, 3.05) is 31.1 Å². The summed E-state index contributed by atoms with van der Waals surface area (Å²) >= 11 is 0. The standard InChI is InChI=1S/C21H24N8/c1-2-28-16-17(13-25-28)15-26-9-11-27(12-10-26)20-21-24-14-19(29(21)8-7-23-20)18-3-5-22-6-4-18/h3-8,13-14,16H,2,9-12,15H2,1H3. The van der Waals surface area contributed by atoms with Crippen molar-refractivity contribution in [3.05, 3.63) is 61.1 Å². The Morgan fingerprint density at radius 1 is 0.966 bits per heavy atom. The lowest BCUT2D eigenvalue weighted by Gasteiger charge is -2.35. The molecule has 0 bridgehead atoms. The largest absolute Gasteiger partial charge is 0.351 e. The molecule has 1 aliphatic heterocycles. The maximum absolute atomic E-state index is 4.68. The third kappa shape index (κ3) is 3.47. The summed E-state index contributed by atoms with van der Waals surface area (Å²) < 4.78 is 4.10. The summed E-state index contributed by atoms with van der Waals surface area (Å²) in [5.74, 6) is 0.950. The van der Waals surface area contributed by atoms with Gasteiger partial charge in [-0.3, -0.25) is 19.0 Å². The summed E-state index contributed by atoms with van der Waals surface area (Å²) in [6.45, 7) is 7.84. The summed E-state index contributed by atoms with van der Waals surface area (Å²) in [6.07, 6.45) is 13.5. The smallest absolute Gasteiger partial charge is 0.180 e. The minimum absolute atomic E-state index is 0.900. The molecule has 0 N–H and O–H groups in total. The second-order valence-corrected chi connectivity index (χ2v) is 7.29. The number of piperazine rings is 1. The molecule has 148 valence electrons. The normalized spacial score (nSPS) is 15.3. The third-order valence-electron chi connectivity index (χ3n) is 5.47. The van der Waals surface area contributed by atoms with Gasteiger partial charge in [-0.15, -0.1) is 0 Å². The van der Waals surface area contributed by atoms with Gasteiger partial charge in [0.05, 0.1) is 18.1 Å². The molecule has 5 heterocycles. The molecule has 0 aliphatic carbocycles. The molecule has 0 aromatic carbocycles. The van der Waals surface area contributed by atoms with Crippen LogP contribution in [0, 0.1) is 0 Å². The Kier molecular flexibility index (Phi) is 4.69. The van der Waals surface area contributed by atoms with E-state index >= 15 is 0 Å². The lowest BCUT2D eigenvalue weighted by Crippen LogP contribution is -2.46. The van der Waals surface area contributed by atoms with Crippen LogP contribution >= 0.6 is 0 Å². The molecule has 8 heteroatoms. The Balaban J connectivity index is 1.32. The fourth-order valence-corrected chi connectivity index (χ4v) is 3.90. The maximum Gasteiger partial charge on any atom is 0.180 e. The summed E-state index contributed by atoms with van der Waals surface area (Å²) in [5, 5.41) is 4.38. The lowest BCUT2D eigenvalue weighted by molar-refractivity contribution is 0.249. The number of fused-ring (bicyclic) bond motifs is 1. The van der Waals surface area contributed by atoms with Crippen molar-refractivity contribution >= 4 is 11.5 Å². The van der Waals surface area contributed by atoms with Crippen molar-refractivity contribution in [2.45, 2.75) is 20.0 Å². The quantitative estimate of drug-likeness (QED) is 0.523. The number of anilines is 1. The predicted molar refractivity (Wildman–Crippen MR) is 112 cm³/mol. The van der Waals surface area contributed by atoms with Crippen LogP contribution in [-0.2, 0) is 13.1 Å². The highest BCUT2D eigenvalue weighted by Crippen LogP contribution is 2.25. The van der Waals surface area contributed by atoms with Gasteiger partial charge in [0.15, 0.2) is 11.5 Å². The van der Waals surface area contributed by atoms with E-state index in [1.54, 1.807) is 12.4 Å². The first-order chi connectivity index (χ1) is 14.3. The Morgan fingerprint density at radius 2 is 1.79 bits per heavy atom. The van der Waals surface area contributed by atoms with Gasteiger partial charge in [-0.1, -0.05) is 0 Å².